The number of hydrogen-bond donors (Lipinski definition) is 3. The minimum atomic E-state index is -1.14. The summed E-state index contributed by atoms with van der Waals surface area (Å²) in [7, 11) is 0. The van der Waals surface area contributed by atoms with Gasteiger partial charge in [0, 0.05) is 17.5 Å². The highest BCUT2D eigenvalue weighted by atomic mass is 16.5. The van der Waals surface area contributed by atoms with Crippen molar-refractivity contribution in [3.05, 3.63) is 40.2 Å². The molecule has 1 atom stereocenters. The average molecular weight is 390 g/mol. The number of hydrogen-bond acceptors (Lipinski definition) is 6. The standard InChI is InChI=1S/C19H22N2O7/c1-10(2)18(19(25)26)21-15(22)8-20-16(23)9-27-12-4-5-13-11(3)6-17(24)28-14(13)7-12/h4-7,10,18H,8-9H2,1-3H3,(H,20,23)(H,21,22)(H,25,26)/t18-/m0/s1. The number of aliphatic carboxylic acids is 1. The highest BCUT2D eigenvalue weighted by Crippen LogP contribution is 2.22. The highest BCUT2D eigenvalue weighted by Gasteiger charge is 2.23. The van der Waals surface area contributed by atoms with Gasteiger partial charge in [-0.05, 0) is 30.5 Å². The van der Waals surface area contributed by atoms with Crippen LogP contribution in [0.2, 0.25) is 0 Å². The number of amides is 2. The molecule has 2 aromatic rings. The van der Waals surface area contributed by atoms with E-state index in [1.165, 1.54) is 12.1 Å². The van der Waals surface area contributed by atoms with Gasteiger partial charge in [0.15, 0.2) is 6.61 Å². The normalized spacial score (nSPS) is 11.9. The summed E-state index contributed by atoms with van der Waals surface area (Å²) in [5, 5.41) is 14.5. The maximum absolute atomic E-state index is 11.8. The Balaban J connectivity index is 1.87. The third-order valence-electron chi connectivity index (χ3n) is 3.99. The lowest BCUT2D eigenvalue weighted by Gasteiger charge is -2.18. The zero-order valence-electron chi connectivity index (χ0n) is 15.8. The summed E-state index contributed by atoms with van der Waals surface area (Å²) >= 11 is 0. The predicted molar refractivity (Wildman–Crippen MR) is 100 cm³/mol. The van der Waals surface area contributed by atoms with E-state index in [1.807, 2.05) is 0 Å². The topological polar surface area (TPSA) is 135 Å². The summed E-state index contributed by atoms with van der Waals surface area (Å²) in [4.78, 5) is 46.1. The molecule has 0 spiro atoms. The number of benzene rings is 1. The van der Waals surface area contributed by atoms with Crippen LogP contribution in [0.1, 0.15) is 19.4 Å². The molecule has 1 aromatic heterocycles. The number of ether oxygens (including phenoxy) is 1. The first kappa shape index (κ1) is 20.9. The van der Waals surface area contributed by atoms with Crippen LogP contribution in [0.15, 0.2) is 33.5 Å². The van der Waals surface area contributed by atoms with Gasteiger partial charge in [-0.15, -0.1) is 0 Å². The quantitative estimate of drug-likeness (QED) is 0.568. The molecule has 2 rings (SSSR count). The monoisotopic (exact) mass is 390 g/mol. The van der Waals surface area contributed by atoms with E-state index in [1.54, 1.807) is 32.9 Å². The first-order chi connectivity index (χ1) is 13.2. The molecule has 0 aliphatic heterocycles. The fraction of sp³-hybridized carbons (Fsp3) is 0.368. The summed E-state index contributed by atoms with van der Waals surface area (Å²) in [6.07, 6.45) is 0. The molecule has 0 saturated carbocycles. The first-order valence-electron chi connectivity index (χ1n) is 8.63. The molecule has 28 heavy (non-hydrogen) atoms. The summed E-state index contributed by atoms with van der Waals surface area (Å²) < 4.78 is 10.5. The van der Waals surface area contributed by atoms with Gasteiger partial charge in [-0.1, -0.05) is 13.8 Å². The van der Waals surface area contributed by atoms with Gasteiger partial charge >= 0.3 is 11.6 Å². The van der Waals surface area contributed by atoms with Crippen molar-refractivity contribution in [3.8, 4) is 5.75 Å². The number of rotatable bonds is 8. The second-order valence-electron chi connectivity index (χ2n) is 6.60. The molecule has 0 saturated heterocycles. The summed E-state index contributed by atoms with van der Waals surface area (Å²) in [5.41, 5.74) is 0.630. The second kappa shape index (κ2) is 9.03. The van der Waals surface area contributed by atoms with Crippen molar-refractivity contribution in [1.29, 1.82) is 0 Å². The van der Waals surface area contributed by atoms with Crippen molar-refractivity contribution in [2.45, 2.75) is 26.8 Å². The smallest absolute Gasteiger partial charge is 0.336 e. The molecular weight excluding hydrogens is 368 g/mol. The van der Waals surface area contributed by atoms with Gasteiger partial charge in [-0.2, -0.15) is 0 Å². The summed E-state index contributed by atoms with van der Waals surface area (Å²) in [5.74, 6) is -2.28. The average Bonchev–Trinajstić information content (AvgIpc) is 2.61. The lowest BCUT2D eigenvalue weighted by Crippen LogP contribution is -2.48. The van der Waals surface area contributed by atoms with Crippen LogP contribution in [0.25, 0.3) is 11.0 Å². The molecule has 3 N–H and O–H groups in total. The Morgan fingerprint density at radius 2 is 1.89 bits per heavy atom. The molecule has 0 fully saturated rings. The molecule has 0 bridgehead atoms. The predicted octanol–water partition coefficient (Wildman–Crippen LogP) is 0.822. The first-order valence-corrected chi connectivity index (χ1v) is 8.63. The lowest BCUT2D eigenvalue weighted by atomic mass is 10.1. The van der Waals surface area contributed by atoms with E-state index in [9.17, 15) is 19.2 Å². The zero-order chi connectivity index (χ0) is 20.8. The maximum Gasteiger partial charge on any atom is 0.336 e. The fourth-order valence-corrected chi connectivity index (χ4v) is 2.51. The van der Waals surface area contributed by atoms with E-state index < -0.39 is 29.5 Å². The minimum absolute atomic E-state index is 0.294. The Bertz CT molecular complexity index is 949. The molecule has 1 heterocycles. The van der Waals surface area contributed by atoms with Crippen LogP contribution in [-0.4, -0.2) is 42.1 Å². The molecule has 1 aromatic carbocycles. The molecule has 0 radical (unpaired) electrons. The van der Waals surface area contributed by atoms with Crippen LogP contribution < -0.4 is 21.0 Å². The molecule has 150 valence electrons. The maximum atomic E-state index is 11.8. The van der Waals surface area contributed by atoms with Crippen LogP contribution in [0.5, 0.6) is 5.75 Å². The Morgan fingerprint density at radius 1 is 1.18 bits per heavy atom. The van der Waals surface area contributed by atoms with Gasteiger partial charge in [0.1, 0.15) is 17.4 Å². The Labute approximate surface area is 160 Å². The van der Waals surface area contributed by atoms with Crippen molar-refractivity contribution in [2.24, 2.45) is 5.92 Å². The number of fused-ring (bicyclic) bond motifs is 1. The Hall–Kier alpha value is -3.36. The SMILES string of the molecule is Cc1cc(=O)oc2cc(OCC(=O)NCC(=O)N[C@H](C(=O)O)C(C)C)ccc12. The minimum Gasteiger partial charge on any atom is -0.484 e. The van der Waals surface area contributed by atoms with Crippen molar-refractivity contribution < 1.29 is 28.6 Å². The van der Waals surface area contributed by atoms with Gasteiger partial charge in [-0.3, -0.25) is 9.59 Å². The Kier molecular flexibility index (Phi) is 6.75. The van der Waals surface area contributed by atoms with E-state index in [2.05, 4.69) is 10.6 Å². The zero-order valence-corrected chi connectivity index (χ0v) is 15.8. The van der Waals surface area contributed by atoms with Crippen molar-refractivity contribution in [1.82, 2.24) is 10.6 Å². The number of carbonyl (C=O) groups excluding carboxylic acids is 2. The van der Waals surface area contributed by atoms with Gasteiger partial charge in [0.25, 0.3) is 5.91 Å². The van der Waals surface area contributed by atoms with Gasteiger partial charge in [0.2, 0.25) is 5.91 Å². The van der Waals surface area contributed by atoms with E-state index in [-0.39, 0.29) is 19.1 Å². The molecule has 0 aliphatic rings. The third-order valence-corrected chi connectivity index (χ3v) is 3.99. The third kappa shape index (κ3) is 5.57. The summed E-state index contributed by atoms with van der Waals surface area (Å²) in [6, 6.07) is 5.21. The van der Waals surface area contributed by atoms with Crippen LogP contribution >= 0.6 is 0 Å². The number of carboxylic acid groups (broad SMARTS) is 1. The molecule has 0 unspecified atom stereocenters. The van der Waals surface area contributed by atoms with Crippen LogP contribution in [-0.2, 0) is 14.4 Å². The van der Waals surface area contributed by atoms with Crippen LogP contribution in [0, 0.1) is 12.8 Å². The largest absolute Gasteiger partial charge is 0.484 e. The lowest BCUT2D eigenvalue weighted by molar-refractivity contribution is -0.143. The number of carboxylic acids is 1. The molecular formula is C19H22N2O7. The number of aryl methyl sites for hydroxylation is 1. The van der Waals surface area contributed by atoms with Gasteiger partial charge in [-0.25, -0.2) is 9.59 Å². The summed E-state index contributed by atoms with van der Waals surface area (Å²) in [6.45, 7) is 4.38. The molecule has 9 nitrogen and oxygen atoms in total. The highest BCUT2D eigenvalue weighted by molar-refractivity contribution is 5.88. The van der Waals surface area contributed by atoms with E-state index in [0.717, 1.165) is 10.9 Å². The van der Waals surface area contributed by atoms with E-state index in [0.29, 0.717) is 11.3 Å². The van der Waals surface area contributed by atoms with Crippen LogP contribution in [0.4, 0.5) is 0 Å². The molecule has 0 aliphatic carbocycles. The molecule has 2 amide bonds. The van der Waals surface area contributed by atoms with E-state index in [4.69, 9.17) is 14.3 Å². The second-order valence-corrected chi connectivity index (χ2v) is 6.60. The number of nitrogens with one attached hydrogen (secondary N) is 2. The van der Waals surface area contributed by atoms with Crippen molar-refractivity contribution >= 4 is 28.8 Å². The van der Waals surface area contributed by atoms with Crippen LogP contribution in [0.3, 0.4) is 0 Å². The van der Waals surface area contributed by atoms with Crippen molar-refractivity contribution in [3.63, 3.8) is 0 Å². The van der Waals surface area contributed by atoms with Gasteiger partial charge < -0.3 is 24.9 Å². The van der Waals surface area contributed by atoms with Crippen molar-refractivity contribution in [2.75, 3.05) is 13.2 Å². The van der Waals surface area contributed by atoms with E-state index >= 15 is 0 Å². The fourth-order valence-electron chi connectivity index (χ4n) is 2.51. The van der Waals surface area contributed by atoms with Gasteiger partial charge in [0.05, 0.1) is 6.54 Å². The Morgan fingerprint density at radius 3 is 2.54 bits per heavy atom. The number of carbonyl (C=O) groups is 3. The molecule has 9 heteroatoms.